The van der Waals surface area contributed by atoms with Gasteiger partial charge >= 0.3 is 0 Å². The number of halogens is 1. The number of ether oxygens (including phenoxy) is 2. The molecule has 0 aliphatic rings. The second-order valence-electron chi connectivity index (χ2n) is 5.26. The maximum atomic E-state index is 12.4. The van der Waals surface area contributed by atoms with Gasteiger partial charge in [-0.25, -0.2) is 0 Å². The van der Waals surface area contributed by atoms with Gasteiger partial charge in [0, 0.05) is 16.3 Å². The number of nitriles is 1. The first-order valence-corrected chi connectivity index (χ1v) is 8.47. The maximum absolute atomic E-state index is 12.4. The highest BCUT2D eigenvalue weighted by Crippen LogP contribution is 2.26. The Morgan fingerprint density at radius 1 is 1.26 bits per heavy atom. The molecule has 2 rings (SSSR count). The molecule has 0 fully saturated rings. The van der Waals surface area contributed by atoms with Crippen molar-refractivity contribution in [2.45, 2.75) is 6.92 Å². The number of hydrogen-bond donors (Lipinski definition) is 1. The Bertz CT molecular complexity index is 922. The zero-order chi connectivity index (χ0) is 19.6. The molecule has 1 N–H and O–H groups in total. The van der Waals surface area contributed by atoms with Crippen molar-refractivity contribution in [3.63, 3.8) is 0 Å². The quantitative estimate of drug-likeness (QED) is 0.441. The first-order chi connectivity index (χ1) is 13.1. The van der Waals surface area contributed by atoms with E-state index in [-0.39, 0.29) is 12.2 Å². The molecule has 0 aliphatic heterocycles. The number of amides is 1. The van der Waals surface area contributed by atoms with Gasteiger partial charge in [-0.05, 0) is 55.5 Å². The largest absolute Gasteiger partial charge is 0.494 e. The van der Waals surface area contributed by atoms with Crippen molar-refractivity contribution in [1.29, 1.82) is 5.26 Å². The Kier molecular flexibility index (Phi) is 7.31. The molecule has 0 bridgehead atoms. The van der Waals surface area contributed by atoms with Gasteiger partial charge in [0.05, 0.1) is 6.61 Å². The molecule has 2 aromatic rings. The lowest BCUT2D eigenvalue weighted by Gasteiger charge is -2.09. The summed E-state index contributed by atoms with van der Waals surface area (Å²) in [5, 5.41) is 12.5. The third-order valence-electron chi connectivity index (χ3n) is 3.37. The number of carbonyl (C=O) groups excluding carboxylic acids is 1. The van der Waals surface area contributed by atoms with Crippen LogP contribution in [-0.4, -0.2) is 19.1 Å². The molecule has 5 nitrogen and oxygen atoms in total. The normalized spacial score (nSPS) is 10.4. The van der Waals surface area contributed by atoms with Crippen LogP contribution in [-0.2, 0) is 4.79 Å². The number of hydrogen-bond acceptors (Lipinski definition) is 4. The standard InChI is InChI=1S/C21H17ClN2O3/c1-3-11-27-20-10-5-17(22)13-15(20)12-16(14-23)21(25)24-18-6-8-19(9-7-18)26-4-2/h1,5-10,12-13H,4,11H2,2H3,(H,24,25)/b16-12+. The van der Waals surface area contributed by atoms with Crippen molar-refractivity contribution < 1.29 is 14.3 Å². The summed E-state index contributed by atoms with van der Waals surface area (Å²) in [4.78, 5) is 12.4. The summed E-state index contributed by atoms with van der Waals surface area (Å²) < 4.78 is 10.8. The predicted molar refractivity (Wildman–Crippen MR) is 106 cm³/mol. The Balaban J connectivity index is 2.22. The summed E-state index contributed by atoms with van der Waals surface area (Å²) in [5.41, 5.74) is 0.923. The van der Waals surface area contributed by atoms with Crippen molar-refractivity contribution >= 4 is 29.3 Å². The van der Waals surface area contributed by atoms with Crippen molar-refractivity contribution in [3.8, 4) is 29.9 Å². The van der Waals surface area contributed by atoms with E-state index in [1.807, 2.05) is 13.0 Å². The molecule has 0 aromatic heterocycles. The van der Waals surface area contributed by atoms with E-state index in [0.717, 1.165) is 0 Å². The van der Waals surface area contributed by atoms with E-state index in [9.17, 15) is 10.1 Å². The van der Waals surface area contributed by atoms with Crippen molar-refractivity contribution in [2.75, 3.05) is 18.5 Å². The lowest BCUT2D eigenvalue weighted by molar-refractivity contribution is -0.112. The minimum Gasteiger partial charge on any atom is -0.494 e. The Labute approximate surface area is 163 Å². The van der Waals surface area contributed by atoms with Crippen LogP contribution in [0.1, 0.15) is 12.5 Å². The third-order valence-corrected chi connectivity index (χ3v) is 3.61. The van der Waals surface area contributed by atoms with Crippen molar-refractivity contribution in [3.05, 3.63) is 58.6 Å². The second kappa shape index (κ2) is 9.91. The van der Waals surface area contributed by atoms with Gasteiger partial charge in [0.1, 0.15) is 29.7 Å². The minimum atomic E-state index is -0.551. The number of nitrogens with one attached hydrogen (secondary N) is 1. The summed E-state index contributed by atoms with van der Waals surface area (Å²) in [6.45, 7) is 2.50. The highest BCUT2D eigenvalue weighted by Gasteiger charge is 2.12. The number of rotatable bonds is 7. The molecule has 6 heteroatoms. The molecule has 0 heterocycles. The van der Waals surface area contributed by atoms with Crippen LogP contribution in [0.25, 0.3) is 6.08 Å². The molecule has 27 heavy (non-hydrogen) atoms. The van der Waals surface area contributed by atoms with E-state index in [1.54, 1.807) is 42.5 Å². The van der Waals surface area contributed by atoms with Gasteiger partial charge in [0.25, 0.3) is 5.91 Å². The molecule has 0 aliphatic carbocycles. The number of anilines is 1. The summed E-state index contributed by atoms with van der Waals surface area (Å²) in [6, 6.07) is 13.6. The summed E-state index contributed by atoms with van der Waals surface area (Å²) in [7, 11) is 0. The fourth-order valence-corrected chi connectivity index (χ4v) is 2.37. The van der Waals surface area contributed by atoms with Crippen LogP contribution in [0.4, 0.5) is 5.69 Å². The lowest BCUT2D eigenvalue weighted by atomic mass is 10.1. The predicted octanol–water partition coefficient (Wildman–Crippen LogP) is 4.30. The summed E-state index contributed by atoms with van der Waals surface area (Å²) in [5.74, 6) is 2.94. The first kappa shape index (κ1) is 19.9. The van der Waals surface area contributed by atoms with Gasteiger partial charge in [0.2, 0.25) is 0 Å². The van der Waals surface area contributed by atoms with E-state index in [4.69, 9.17) is 27.5 Å². The molecule has 2 aromatic carbocycles. The average Bonchev–Trinajstić information content (AvgIpc) is 2.67. The number of carbonyl (C=O) groups is 1. The van der Waals surface area contributed by atoms with Gasteiger partial charge < -0.3 is 14.8 Å². The first-order valence-electron chi connectivity index (χ1n) is 8.09. The number of benzene rings is 2. The number of nitrogens with zero attached hydrogens (tertiary/aromatic N) is 1. The van der Waals surface area contributed by atoms with Gasteiger partial charge in [-0.1, -0.05) is 17.5 Å². The fraction of sp³-hybridized carbons (Fsp3) is 0.143. The Morgan fingerprint density at radius 3 is 2.63 bits per heavy atom. The molecule has 0 saturated heterocycles. The van der Waals surface area contributed by atoms with Crippen LogP contribution < -0.4 is 14.8 Å². The highest BCUT2D eigenvalue weighted by atomic mass is 35.5. The highest BCUT2D eigenvalue weighted by molar-refractivity contribution is 6.30. The molecule has 0 unspecified atom stereocenters. The molecule has 0 radical (unpaired) electrons. The van der Waals surface area contributed by atoms with Crippen molar-refractivity contribution in [2.24, 2.45) is 0 Å². The van der Waals surface area contributed by atoms with Crippen molar-refractivity contribution in [1.82, 2.24) is 0 Å². The summed E-state index contributed by atoms with van der Waals surface area (Å²) in [6.07, 6.45) is 6.61. The van der Waals surface area contributed by atoms with E-state index in [1.165, 1.54) is 6.08 Å². The second-order valence-corrected chi connectivity index (χ2v) is 5.69. The minimum absolute atomic E-state index is 0.0583. The Hall–Kier alpha value is -3.41. The maximum Gasteiger partial charge on any atom is 0.266 e. The van der Waals surface area contributed by atoms with Gasteiger partial charge in [-0.3, -0.25) is 4.79 Å². The molecule has 136 valence electrons. The zero-order valence-corrected chi connectivity index (χ0v) is 15.4. The average molecular weight is 381 g/mol. The van der Waals surface area contributed by atoms with Gasteiger partial charge in [-0.15, -0.1) is 6.42 Å². The molecular weight excluding hydrogens is 364 g/mol. The van der Waals surface area contributed by atoms with Crippen LogP contribution in [0.5, 0.6) is 11.5 Å². The molecular formula is C21H17ClN2O3. The third kappa shape index (κ3) is 5.81. The summed E-state index contributed by atoms with van der Waals surface area (Å²) >= 11 is 6.01. The SMILES string of the molecule is C#CCOc1ccc(Cl)cc1/C=C(\C#N)C(=O)Nc1ccc(OCC)cc1. The molecule has 0 saturated carbocycles. The fourth-order valence-electron chi connectivity index (χ4n) is 2.19. The number of terminal acetylenes is 1. The van der Waals surface area contributed by atoms with Crippen LogP contribution in [0.3, 0.4) is 0 Å². The van der Waals surface area contributed by atoms with Crippen LogP contribution in [0.15, 0.2) is 48.0 Å². The van der Waals surface area contributed by atoms with Crippen LogP contribution in [0, 0.1) is 23.7 Å². The van der Waals surface area contributed by atoms with Gasteiger partial charge in [-0.2, -0.15) is 5.26 Å². The van der Waals surface area contributed by atoms with E-state index in [0.29, 0.717) is 34.4 Å². The zero-order valence-electron chi connectivity index (χ0n) is 14.7. The van der Waals surface area contributed by atoms with Gasteiger partial charge in [0.15, 0.2) is 0 Å². The monoisotopic (exact) mass is 380 g/mol. The molecule has 0 spiro atoms. The lowest BCUT2D eigenvalue weighted by Crippen LogP contribution is -2.13. The topological polar surface area (TPSA) is 71.3 Å². The smallest absolute Gasteiger partial charge is 0.266 e. The van der Waals surface area contributed by atoms with E-state index in [2.05, 4.69) is 11.2 Å². The Morgan fingerprint density at radius 2 is 2.00 bits per heavy atom. The van der Waals surface area contributed by atoms with Crippen LogP contribution >= 0.6 is 11.6 Å². The van der Waals surface area contributed by atoms with Crippen LogP contribution in [0.2, 0.25) is 5.02 Å². The molecule has 0 atom stereocenters. The van der Waals surface area contributed by atoms with E-state index >= 15 is 0 Å². The molecule has 1 amide bonds. The van der Waals surface area contributed by atoms with E-state index < -0.39 is 5.91 Å².